The molecule has 0 aromatic rings. The molecule has 0 amide bonds. The van der Waals surface area contributed by atoms with Gasteiger partial charge in [-0.05, 0) is 19.3 Å². The zero-order chi connectivity index (χ0) is 19.5. The second-order valence-corrected chi connectivity index (χ2v) is 4.55. The predicted octanol–water partition coefficient (Wildman–Crippen LogP) is 0.749. The first-order chi connectivity index (χ1) is 11.0. The summed E-state index contributed by atoms with van der Waals surface area (Å²) in [6, 6.07) is 0. The van der Waals surface area contributed by atoms with Gasteiger partial charge in [0.15, 0.2) is 6.29 Å². The van der Waals surface area contributed by atoms with Crippen LogP contribution in [0.15, 0.2) is 0 Å². The lowest BCUT2D eigenvalue weighted by atomic mass is 10.2. The summed E-state index contributed by atoms with van der Waals surface area (Å²) in [5.41, 5.74) is 0. The van der Waals surface area contributed by atoms with E-state index in [0.29, 0.717) is 19.3 Å². The lowest BCUT2D eigenvalue weighted by Crippen LogP contribution is -2.01. The van der Waals surface area contributed by atoms with Crippen LogP contribution in [0.2, 0.25) is 0 Å². The standard InChI is InChI=1S/C6H10O4.C4H6O4.C4H10O2/c7-5(8)3-1-2-4-6(9)10;5-3(6)1-2-4(7)8;1-2-3-4(5)6/h1-4H2,(H,7,8)(H,9,10);1-2H2,(H,5,6)(H,7,8);4-6H,2-3H2,1H3. The van der Waals surface area contributed by atoms with Gasteiger partial charge in [-0.1, -0.05) is 13.3 Å². The Labute approximate surface area is 139 Å². The fraction of sp³-hybridized carbons (Fsp3) is 0.714. The number of aliphatic hydroxyl groups excluding tert-OH is 1. The fourth-order valence-electron chi connectivity index (χ4n) is 1.02. The number of hydrogen-bond donors (Lipinski definition) is 6. The molecule has 0 saturated heterocycles. The average molecular weight is 354 g/mol. The zero-order valence-electron chi connectivity index (χ0n) is 13.6. The van der Waals surface area contributed by atoms with Crippen molar-refractivity contribution in [2.75, 3.05) is 0 Å². The predicted molar refractivity (Wildman–Crippen MR) is 81.4 cm³/mol. The normalized spacial score (nSPS) is 9.17. The number of unbranched alkanes of at least 4 members (excludes halogenated alkanes) is 1. The average Bonchev–Trinajstić information content (AvgIpc) is 2.42. The molecule has 10 heteroatoms. The van der Waals surface area contributed by atoms with Crippen LogP contribution in [-0.4, -0.2) is 60.8 Å². The highest BCUT2D eigenvalue weighted by atomic mass is 16.5. The first-order valence-corrected chi connectivity index (χ1v) is 7.26. The van der Waals surface area contributed by atoms with Gasteiger partial charge in [0, 0.05) is 12.8 Å². The van der Waals surface area contributed by atoms with Gasteiger partial charge in [-0.2, -0.15) is 0 Å². The fourth-order valence-corrected chi connectivity index (χ4v) is 1.02. The van der Waals surface area contributed by atoms with Gasteiger partial charge >= 0.3 is 23.9 Å². The van der Waals surface area contributed by atoms with E-state index in [0.717, 1.165) is 6.42 Å². The molecule has 0 spiro atoms. The van der Waals surface area contributed by atoms with Crippen LogP contribution in [0.3, 0.4) is 0 Å². The second-order valence-electron chi connectivity index (χ2n) is 4.55. The SMILES string of the molecule is CCCC(O)O.O=C(O)CCC(=O)O.O=C(O)CCCCC(=O)O. The van der Waals surface area contributed by atoms with Crippen LogP contribution in [0.25, 0.3) is 0 Å². The number of aliphatic carboxylic acids is 4. The van der Waals surface area contributed by atoms with Crippen molar-refractivity contribution in [3.05, 3.63) is 0 Å². The van der Waals surface area contributed by atoms with E-state index in [4.69, 9.17) is 30.6 Å². The Morgan fingerprint density at radius 1 is 0.667 bits per heavy atom. The molecule has 0 aromatic heterocycles. The third-order valence-corrected chi connectivity index (χ3v) is 2.13. The smallest absolute Gasteiger partial charge is 0.303 e. The Kier molecular flexibility index (Phi) is 21.0. The summed E-state index contributed by atoms with van der Waals surface area (Å²) in [6.45, 7) is 1.90. The third kappa shape index (κ3) is 42.7. The monoisotopic (exact) mass is 354 g/mol. The first kappa shape index (κ1) is 26.7. The summed E-state index contributed by atoms with van der Waals surface area (Å²) in [5, 5.41) is 48.3. The Bertz CT molecular complexity index is 335. The van der Waals surface area contributed by atoms with Crippen molar-refractivity contribution < 1.29 is 49.8 Å². The molecule has 142 valence electrons. The van der Waals surface area contributed by atoms with E-state index in [9.17, 15) is 19.2 Å². The molecule has 0 saturated carbocycles. The summed E-state index contributed by atoms with van der Waals surface area (Å²) in [4.78, 5) is 39.1. The molecule has 0 aliphatic rings. The minimum atomic E-state index is -1.10. The maximum Gasteiger partial charge on any atom is 0.303 e. The van der Waals surface area contributed by atoms with Crippen molar-refractivity contribution in [1.82, 2.24) is 0 Å². The molecule has 0 aliphatic carbocycles. The molecular formula is C14H26O10. The molecule has 6 N–H and O–H groups in total. The molecule has 0 radical (unpaired) electrons. The van der Waals surface area contributed by atoms with E-state index in [1.54, 1.807) is 0 Å². The largest absolute Gasteiger partial charge is 0.481 e. The van der Waals surface area contributed by atoms with E-state index in [1.807, 2.05) is 6.92 Å². The van der Waals surface area contributed by atoms with Crippen LogP contribution >= 0.6 is 0 Å². The van der Waals surface area contributed by atoms with Crippen LogP contribution in [0.5, 0.6) is 0 Å². The van der Waals surface area contributed by atoms with E-state index in [2.05, 4.69) is 0 Å². The maximum absolute atomic E-state index is 9.90. The highest BCUT2D eigenvalue weighted by Gasteiger charge is 2.00. The molecule has 0 aliphatic heterocycles. The van der Waals surface area contributed by atoms with Crippen molar-refractivity contribution >= 4 is 23.9 Å². The zero-order valence-corrected chi connectivity index (χ0v) is 13.6. The van der Waals surface area contributed by atoms with E-state index >= 15 is 0 Å². The molecule has 24 heavy (non-hydrogen) atoms. The topological polar surface area (TPSA) is 190 Å². The molecule has 0 heterocycles. The molecule has 0 atom stereocenters. The summed E-state index contributed by atoms with van der Waals surface area (Å²) in [7, 11) is 0. The van der Waals surface area contributed by atoms with Crippen molar-refractivity contribution in [3.63, 3.8) is 0 Å². The quantitative estimate of drug-likeness (QED) is 0.241. The van der Waals surface area contributed by atoms with Gasteiger partial charge in [-0.15, -0.1) is 0 Å². The van der Waals surface area contributed by atoms with E-state index in [1.165, 1.54) is 0 Å². The summed E-state index contributed by atoms with van der Waals surface area (Å²) in [6.07, 6.45) is 0.640. The van der Waals surface area contributed by atoms with Gasteiger partial charge < -0.3 is 30.6 Å². The number of aliphatic hydroxyl groups is 2. The number of rotatable bonds is 10. The van der Waals surface area contributed by atoms with Crippen LogP contribution in [0.4, 0.5) is 0 Å². The Balaban J connectivity index is -0.000000285. The highest BCUT2D eigenvalue weighted by Crippen LogP contribution is 1.98. The van der Waals surface area contributed by atoms with E-state index in [-0.39, 0.29) is 25.7 Å². The van der Waals surface area contributed by atoms with Crippen LogP contribution < -0.4 is 0 Å². The number of carbonyl (C=O) groups is 4. The third-order valence-electron chi connectivity index (χ3n) is 2.13. The molecule has 0 bridgehead atoms. The number of hydrogen-bond acceptors (Lipinski definition) is 6. The van der Waals surface area contributed by atoms with Gasteiger partial charge in [-0.3, -0.25) is 19.2 Å². The van der Waals surface area contributed by atoms with Crippen LogP contribution in [0, 0.1) is 0 Å². The van der Waals surface area contributed by atoms with Crippen molar-refractivity contribution in [1.29, 1.82) is 0 Å². The second kappa shape index (κ2) is 18.8. The molecule has 0 unspecified atom stereocenters. The Morgan fingerprint density at radius 3 is 1.08 bits per heavy atom. The van der Waals surface area contributed by atoms with Crippen molar-refractivity contribution in [2.24, 2.45) is 0 Å². The molecule has 0 rings (SSSR count). The summed E-state index contributed by atoms with van der Waals surface area (Å²) >= 11 is 0. The lowest BCUT2D eigenvalue weighted by molar-refractivity contribution is -0.143. The number of carboxylic acid groups (broad SMARTS) is 4. The molecule has 0 fully saturated rings. The molecule has 10 nitrogen and oxygen atoms in total. The van der Waals surface area contributed by atoms with Crippen LogP contribution in [-0.2, 0) is 19.2 Å². The molecule has 0 aromatic carbocycles. The van der Waals surface area contributed by atoms with Crippen LogP contribution in [0.1, 0.15) is 58.3 Å². The highest BCUT2D eigenvalue weighted by molar-refractivity contribution is 5.75. The van der Waals surface area contributed by atoms with Gasteiger partial charge in [-0.25, -0.2) is 0 Å². The molecular weight excluding hydrogens is 328 g/mol. The van der Waals surface area contributed by atoms with Gasteiger partial charge in [0.25, 0.3) is 0 Å². The van der Waals surface area contributed by atoms with E-state index < -0.39 is 30.2 Å². The van der Waals surface area contributed by atoms with Gasteiger partial charge in [0.2, 0.25) is 0 Å². The van der Waals surface area contributed by atoms with Gasteiger partial charge in [0.05, 0.1) is 12.8 Å². The Hall–Kier alpha value is -2.20. The maximum atomic E-state index is 9.90. The number of carboxylic acids is 4. The summed E-state index contributed by atoms with van der Waals surface area (Å²) in [5.74, 6) is -3.89. The summed E-state index contributed by atoms with van der Waals surface area (Å²) < 4.78 is 0. The lowest BCUT2D eigenvalue weighted by Gasteiger charge is -1.94. The van der Waals surface area contributed by atoms with Crippen molar-refractivity contribution in [2.45, 2.75) is 64.6 Å². The van der Waals surface area contributed by atoms with Gasteiger partial charge in [0.1, 0.15) is 0 Å². The minimum absolute atomic E-state index is 0.0628. The minimum Gasteiger partial charge on any atom is -0.481 e. The van der Waals surface area contributed by atoms with Crippen molar-refractivity contribution in [3.8, 4) is 0 Å². The first-order valence-electron chi connectivity index (χ1n) is 7.26. The Morgan fingerprint density at radius 2 is 0.958 bits per heavy atom.